The second-order valence-electron chi connectivity index (χ2n) is 4.73. The zero-order valence-electron chi connectivity index (χ0n) is 12.3. The number of nitrogens with one attached hydrogen (secondary N) is 1. The maximum Gasteiger partial charge on any atom is 0.148 e. The van der Waals surface area contributed by atoms with Crippen molar-refractivity contribution in [2.24, 2.45) is 0 Å². The summed E-state index contributed by atoms with van der Waals surface area (Å²) in [6.45, 7) is 4.00. The minimum absolute atomic E-state index is 0.274. The van der Waals surface area contributed by atoms with Crippen LogP contribution < -0.4 is 10.2 Å². The van der Waals surface area contributed by atoms with Crippen LogP contribution in [0, 0.1) is 17.1 Å². The standard InChI is InChI=1S/C17H15ClFN3/c1-11(14-9-13(21-2)5-6-15(14)18)22(3)17-7-4-12(10-20)8-16(17)19/h4-9,21H,1H2,2-3H3. The van der Waals surface area contributed by atoms with Gasteiger partial charge in [0.25, 0.3) is 0 Å². The van der Waals surface area contributed by atoms with Gasteiger partial charge in [-0.05, 0) is 36.4 Å². The third-order valence-corrected chi connectivity index (χ3v) is 3.74. The van der Waals surface area contributed by atoms with E-state index in [0.717, 1.165) is 5.69 Å². The third-order valence-electron chi connectivity index (χ3n) is 3.41. The number of rotatable bonds is 4. The molecule has 0 radical (unpaired) electrons. The molecule has 0 unspecified atom stereocenters. The Labute approximate surface area is 134 Å². The fourth-order valence-electron chi connectivity index (χ4n) is 2.08. The second kappa shape index (κ2) is 6.50. The minimum Gasteiger partial charge on any atom is -0.388 e. The van der Waals surface area contributed by atoms with Crippen LogP contribution in [-0.4, -0.2) is 14.1 Å². The van der Waals surface area contributed by atoms with Gasteiger partial charge in [-0.25, -0.2) is 4.39 Å². The lowest BCUT2D eigenvalue weighted by molar-refractivity contribution is 0.627. The molecule has 3 nitrogen and oxygen atoms in total. The molecule has 112 valence electrons. The molecule has 0 saturated carbocycles. The van der Waals surface area contributed by atoms with Gasteiger partial charge in [-0.1, -0.05) is 18.2 Å². The number of hydrogen-bond donors (Lipinski definition) is 1. The van der Waals surface area contributed by atoms with Gasteiger partial charge >= 0.3 is 0 Å². The third kappa shape index (κ3) is 3.05. The molecular weight excluding hydrogens is 301 g/mol. The van der Waals surface area contributed by atoms with Crippen molar-refractivity contribution in [3.8, 4) is 6.07 Å². The van der Waals surface area contributed by atoms with Crippen molar-refractivity contribution in [1.29, 1.82) is 5.26 Å². The molecule has 0 saturated heterocycles. The summed E-state index contributed by atoms with van der Waals surface area (Å²) in [7, 11) is 3.51. The van der Waals surface area contributed by atoms with E-state index in [1.54, 1.807) is 37.2 Å². The van der Waals surface area contributed by atoms with Crippen molar-refractivity contribution < 1.29 is 4.39 Å². The van der Waals surface area contributed by atoms with Crippen molar-refractivity contribution in [3.63, 3.8) is 0 Å². The molecule has 22 heavy (non-hydrogen) atoms. The SMILES string of the molecule is C=C(c1cc(NC)ccc1Cl)N(C)c1ccc(C#N)cc1F. The minimum atomic E-state index is -0.483. The van der Waals surface area contributed by atoms with Gasteiger partial charge in [0.15, 0.2) is 0 Å². The Bertz CT molecular complexity index is 765. The van der Waals surface area contributed by atoms with Crippen LogP contribution in [0.5, 0.6) is 0 Å². The highest BCUT2D eigenvalue weighted by atomic mass is 35.5. The van der Waals surface area contributed by atoms with Crippen molar-refractivity contribution in [2.75, 3.05) is 24.3 Å². The van der Waals surface area contributed by atoms with E-state index in [-0.39, 0.29) is 5.56 Å². The zero-order valence-corrected chi connectivity index (χ0v) is 13.1. The maximum absolute atomic E-state index is 14.1. The molecule has 0 amide bonds. The fourth-order valence-corrected chi connectivity index (χ4v) is 2.30. The first-order valence-electron chi connectivity index (χ1n) is 6.58. The molecule has 0 aromatic heterocycles. The zero-order chi connectivity index (χ0) is 16.3. The lowest BCUT2D eigenvalue weighted by atomic mass is 10.1. The maximum atomic E-state index is 14.1. The van der Waals surface area contributed by atoms with Gasteiger partial charge in [-0.15, -0.1) is 0 Å². The van der Waals surface area contributed by atoms with Crippen LogP contribution in [0.3, 0.4) is 0 Å². The fraction of sp³-hybridized carbons (Fsp3) is 0.118. The van der Waals surface area contributed by atoms with E-state index < -0.39 is 5.82 Å². The summed E-state index contributed by atoms with van der Waals surface area (Å²) in [5.74, 6) is -0.483. The number of benzene rings is 2. The Morgan fingerprint density at radius 2 is 2.05 bits per heavy atom. The van der Waals surface area contributed by atoms with Gasteiger partial charge in [0.1, 0.15) is 5.82 Å². The van der Waals surface area contributed by atoms with Gasteiger partial charge in [0.05, 0.1) is 22.3 Å². The number of nitrogens with zero attached hydrogens (tertiary/aromatic N) is 2. The highest BCUT2D eigenvalue weighted by molar-refractivity contribution is 6.32. The molecule has 0 bridgehead atoms. The number of hydrogen-bond acceptors (Lipinski definition) is 3. The number of nitriles is 1. The largest absolute Gasteiger partial charge is 0.388 e. The topological polar surface area (TPSA) is 39.1 Å². The van der Waals surface area contributed by atoms with E-state index in [9.17, 15) is 4.39 Å². The predicted octanol–water partition coefficient (Wildman–Crippen LogP) is 4.50. The average Bonchev–Trinajstić information content (AvgIpc) is 2.53. The summed E-state index contributed by atoms with van der Waals surface area (Å²) in [6.07, 6.45) is 0. The Morgan fingerprint density at radius 3 is 2.64 bits per heavy atom. The van der Waals surface area contributed by atoms with Crippen molar-refractivity contribution in [1.82, 2.24) is 0 Å². The van der Waals surface area contributed by atoms with Crippen LogP contribution in [0.4, 0.5) is 15.8 Å². The van der Waals surface area contributed by atoms with Crippen LogP contribution in [0.25, 0.3) is 5.70 Å². The Balaban J connectivity index is 2.39. The molecule has 0 spiro atoms. The van der Waals surface area contributed by atoms with Crippen LogP contribution in [0.1, 0.15) is 11.1 Å². The van der Waals surface area contributed by atoms with Crippen LogP contribution in [-0.2, 0) is 0 Å². The molecule has 0 aliphatic carbocycles. The van der Waals surface area contributed by atoms with Crippen LogP contribution in [0.15, 0.2) is 43.0 Å². The molecule has 0 aliphatic heterocycles. The first kappa shape index (κ1) is 15.9. The first-order valence-corrected chi connectivity index (χ1v) is 6.95. The van der Waals surface area contributed by atoms with Crippen molar-refractivity contribution in [2.45, 2.75) is 0 Å². The normalized spacial score (nSPS) is 9.95. The average molecular weight is 316 g/mol. The summed E-state index contributed by atoms with van der Waals surface area (Å²) < 4.78 is 14.1. The van der Waals surface area contributed by atoms with Crippen molar-refractivity contribution in [3.05, 3.63) is 64.9 Å². The highest BCUT2D eigenvalue weighted by Crippen LogP contribution is 2.31. The summed E-state index contributed by atoms with van der Waals surface area (Å²) in [6, 6.07) is 11.7. The van der Waals surface area contributed by atoms with Gasteiger partial charge < -0.3 is 10.2 Å². The lowest BCUT2D eigenvalue weighted by Crippen LogP contribution is -2.16. The summed E-state index contributed by atoms with van der Waals surface area (Å²) in [5, 5.41) is 12.4. The highest BCUT2D eigenvalue weighted by Gasteiger charge is 2.15. The van der Waals surface area contributed by atoms with E-state index in [4.69, 9.17) is 16.9 Å². The van der Waals surface area contributed by atoms with E-state index >= 15 is 0 Å². The predicted molar refractivity (Wildman–Crippen MR) is 89.6 cm³/mol. The van der Waals surface area contributed by atoms with Gasteiger partial charge in [0.2, 0.25) is 0 Å². The smallest absolute Gasteiger partial charge is 0.148 e. The van der Waals surface area contributed by atoms with Crippen LogP contribution in [0.2, 0.25) is 5.02 Å². The molecule has 2 aromatic rings. The lowest BCUT2D eigenvalue weighted by Gasteiger charge is -2.23. The Morgan fingerprint density at radius 1 is 1.32 bits per heavy atom. The first-order chi connectivity index (χ1) is 10.5. The molecule has 0 atom stereocenters. The number of halogens is 2. The van der Waals surface area contributed by atoms with Gasteiger partial charge in [0, 0.05) is 31.0 Å². The summed E-state index contributed by atoms with van der Waals surface area (Å²) in [5.41, 5.74) is 2.75. The molecule has 2 aromatic carbocycles. The molecule has 0 heterocycles. The van der Waals surface area contributed by atoms with E-state index in [1.165, 1.54) is 6.07 Å². The molecular formula is C17H15ClFN3. The van der Waals surface area contributed by atoms with Crippen molar-refractivity contribution >= 4 is 28.7 Å². The van der Waals surface area contributed by atoms with Gasteiger partial charge in [-0.2, -0.15) is 5.26 Å². The summed E-state index contributed by atoms with van der Waals surface area (Å²) >= 11 is 6.21. The molecule has 5 heteroatoms. The quantitative estimate of drug-likeness (QED) is 0.903. The van der Waals surface area contributed by atoms with E-state index in [0.29, 0.717) is 22.0 Å². The molecule has 1 N–H and O–H groups in total. The summed E-state index contributed by atoms with van der Waals surface area (Å²) in [4.78, 5) is 1.61. The van der Waals surface area contributed by atoms with E-state index in [2.05, 4.69) is 11.9 Å². The second-order valence-corrected chi connectivity index (χ2v) is 5.14. The van der Waals surface area contributed by atoms with Crippen LogP contribution >= 0.6 is 11.6 Å². The Kier molecular flexibility index (Phi) is 4.69. The monoisotopic (exact) mass is 315 g/mol. The molecule has 2 rings (SSSR count). The van der Waals surface area contributed by atoms with Gasteiger partial charge in [-0.3, -0.25) is 0 Å². The molecule has 0 aliphatic rings. The molecule has 0 fully saturated rings. The number of anilines is 2. The Hall–Kier alpha value is -2.51. The van der Waals surface area contributed by atoms with E-state index in [1.807, 2.05) is 18.2 Å².